The number of fused-ring (bicyclic) bond motifs is 13. The van der Waals surface area contributed by atoms with Gasteiger partial charge in [-0.1, -0.05) is 152 Å². The van der Waals surface area contributed by atoms with E-state index in [9.17, 15) is 0 Å². The molecule has 0 saturated heterocycles. The molecule has 0 atom stereocenters. The summed E-state index contributed by atoms with van der Waals surface area (Å²) in [7, 11) is 0. The fourth-order valence-electron chi connectivity index (χ4n) is 11.1. The highest BCUT2D eigenvalue weighted by molar-refractivity contribution is 6.31. The topological polar surface area (TPSA) is 11.4 Å². The number of benzene rings is 13. The van der Waals surface area contributed by atoms with Crippen LogP contribution in [0.4, 0.5) is 34.1 Å². The van der Waals surface area contributed by atoms with E-state index in [1.807, 2.05) is 0 Å². The minimum atomic E-state index is 1.10. The zero-order valence-electron chi connectivity index (χ0n) is 37.7. The second kappa shape index (κ2) is 15.7. The molecule has 1 heterocycles. The number of hydrogen-bond donors (Lipinski definition) is 0. The Bertz CT molecular complexity index is 4190. The van der Waals surface area contributed by atoms with Crippen LogP contribution < -0.4 is 9.80 Å². The Morgan fingerprint density at radius 3 is 1.29 bits per heavy atom. The first kappa shape index (κ1) is 39.0. The Morgan fingerprint density at radius 1 is 0.217 bits per heavy atom. The summed E-state index contributed by atoms with van der Waals surface area (Å²) in [5.74, 6) is 0. The molecule has 322 valence electrons. The molecule has 0 aliphatic carbocycles. The first-order valence-corrected chi connectivity index (χ1v) is 23.7. The molecular weight excluding hydrogens is 835 g/mol. The lowest BCUT2D eigenvalue weighted by Crippen LogP contribution is -2.10. The van der Waals surface area contributed by atoms with Gasteiger partial charge in [0.25, 0.3) is 0 Å². The van der Waals surface area contributed by atoms with Gasteiger partial charge in [-0.3, -0.25) is 0 Å². The third kappa shape index (κ3) is 6.36. The fraction of sp³-hybridized carbons (Fsp3) is 0. The van der Waals surface area contributed by atoms with E-state index in [0.29, 0.717) is 0 Å². The number of aromatic nitrogens is 1. The van der Waals surface area contributed by atoms with Crippen molar-refractivity contribution in [2.24, 2.45) is 0 Å². The molecular formula is C66H43N3. The molecule has 0 unspecified atom stereocenters. The van der Waals surface area contributed by atoms with E-state index in [1.54, 1.807) is 0 Å². The van der Waals surface area contributed by atoms with Crippen molar-refractivity contribution in [2.45, 2.75) is 0 Å². The summed E-state index contributed by atoms with van der Waals surface area (Å²) in [5.41, 5.74) is 10.2. The highest BCUT2D eigenvalue weighted by Gasteiger charge is 2.20. The van der Waals surface area contributed by atoms with Crippen LogP contribution in [0.1, 0.15) is 0 Å². The molecule has 0 bridgehead atoms. The van der Waals surface area contributed by atoms with Gasteiger partial charge in [-0.25, -0.2) is 0 Å². The zero-order chi connectivity index (χ0) is 45.4. The van der Waals surface area contributed by atoms with Gasteiger partial charge in [-0.15, -0.1) is 0 Å². The Kier molecular flexibility index (Phi) is 8.90. The quantitative estimate of drug-likeness (QED) is 0.117. The largest absolute Gasteiger partial charge is 0.310 e. The van der Waals surface area contributed by atoms with Crippen LogP contribution in [0.2, 0.25) is 0 Å². The van der Waals surface area contributed by atoms with Gasteiger partial charge in [0.05, 0.1) is 11.0 Å². The van der Waals surface area contributed by atoms with Gasteiger partial charge in [0.1, 0.15) is 0 Å². The van der Waals surface area contributed by atoms with Crippen molar-refractivity contribution >= 4 is 121 Å². The first-order valence-electron chi connectivity index (χ1n) is 23.7. The van der Waals surface area contributed by atoms with E-state index >= 15 is 0 Å². The molecule has 0 spiro atoms. The maximum absolute atomic E-state index is 2.47. The first-order chi connectivity index (χ1) is 34.2. The second-order valence-electron chi connectivity index (χ2n) is 18.1. The summed E-state index contributed by atoms with van der Waals surface area (Å²) >= 11 is 0. The van der Waals surface area contributed by atoms with Crippen LogP contribution >= 0.6 is 0 Å². The third-order valence-corrected chi connectivity index (χ3v) is 14.2. The van der Waals surface area contributed by atoms with Crippen molar-refractivity contribution in [3.8, 4) is 5.69 Å². The molecule has 13 aromatic carbocycles. The maximum Gasteiger partial charge on any atom is 0.0547 e. The van der Waals surface area contributed by atoms with Gasteiger partial charge in [0, 0.05) is 50.6 Å². The number of hydrogen-bond acceptors (Lipinski definition) is 2. The summed E-state index contributed by atoms with van der Waals surface area (Å²) in [5, 5.41) is 17.4. The minimum absolute atomic E-state index is 1.10. The Balaban J connectivity index is 0.945. The van der Waals surface area contributed by atoms with E-state index in [-0.39, 0.29) is 0 Å². The molecule has 14 aromatic rings. The fourth-order valence-corrected chi connectivity index (χ4v) is 11.1. The standard InChI is InChI=1S/C66H43N3/c1-3-19-49(20-4-1)67(50-21-5-2-6-22-50)55-36-37-58-62(42-55)57-24-12-11-23-56(57)61-41-48-29-38-65-66(60(48)43-63(58)61)59-25-13-14-26-64(59)69(65)52-34-32-51(33-35-52)68(53-30-27-44-15-7-9-17-46(44)39-53)54-31-28-45-16-8-10-18-47(45)40-54/h1-43H. The van der Waals surface area contributed by atoms with Crippen LogP contribution in [0.5, 0.6) is 0 Å². The Hall–Kier alpha value is -9.18. The summed E-state index contributed by atoms with van der Waals surface area (Å²) in [6.07, 6.45) is 0. The lowest BCUT2D eigenvalue weighted by Gasteiger charge is -2.26. The summed E-state index contributed by atoms with van der Waals surface area (Å²) in [6, 6.07) is 95.6. The Labute approximate surface area is 399 Å². The van der Waals surface area contributed by atoms with E-state index in [1.165, 1.54) is 86.4 Å². The highest BCUT2D eigenvalue weighted by Crippen LogP contribution is 2.45. The minimum Gasteiger partial charge on any atom is -0.310 e. The van der Waals surface area contributed by atoms with E-state index < -0.39 is 0 Å². The van der Waals surface area contributed by atoms with Crippen LogP contribution in [-0.4, -0.2) is 4.57 Å². The van der Waals surface area contributed by atoms with Gasteiger partial charge >= 0.3 is 0 Å². The number of para-hydroxylation sites is 3. The van der Waals surface area contributed by atoms with Crippen molar-refractivity contribution in [2.75, 3.05) is 9.80 Å². The van der Waals surface area contributed by atoms with Crippen molar-refractivity contribution in [1.29, 1.82) is 0 Å². The lowest BCUT2D eigenvalue weighted by molar-refractivity contribution is 1.17. The maximum atomic E-state index is 2.47. The van der Waals surface area contributed by atoms with Gasteiger partial charge in [-0.2, -0.15) is 0 Å². The average molecular weight is 878 g/mol. The SMILES string of the molecule is c1ccc(N(c2ccccc2)c2ccc3c(c2)c2ccccc2c2cc4ccc5c(c4cc32)c2ccccc2n5-c2ccc(N(c3ccc4ccccc4c3)c3ccc4ccccc4c3)cc2)cc1. The zero-order valence-corrected chi connectivity index (χ0v) is 37.7. The monoisotopic (exact) mass is 877 g/mol. The van der Waals surface area contributed by atoms with Crippen molar-refractivity contribution in [3.05, 3.63) is 261 Å². The van der Waals surface area contributed by atoms with E-state index in [0.717, 1.165) is 39.8 Å². The van der Waals surface area contributed by atoms with E-state index in [2.05, 4.69) is 275 Å². The van der Waals surface area contributed by atoms with Gasteiger partial charge in [0.2, 0.25) is 0 Å². The smallest absolute Gasteiger partial charge is 0.0547 e. The summed E-state index contributed by atoms with van der Waals surface area (Å²) < 4.78 is 2.45. The van der Waals surface area contributed by atoms with Crippen LogP contribution in [0.15, 0.2) is 261 Å². The highest BCUT2D eigenvalue weighted by atomic mass is 15.1. The number of rotatable bonds is 7. The molecule has 69 heavy (non-hydrogen) atoms. The summed E-state index contributed by atoms with van der Waals surface area (Å²) in [6.45, 7) is 0. The predicted molar refractivity (Wildman–Crippen MR) is 295 cm³/mol. The molecule has 0 aliphatic heterocycles. The molecule has 3 heteroatoms. The molecule has 0 radical (unpaired) electrons. The lowest BCUT2D eigenvalue weighted by atomic mass is 9.91. The van der Waals surface area contributed by atoms with E-state index in [4.69, 9.17) is 0 Å². The van der Waals surface area contributed by atoms with Crippen LogP contribution in [0, 0.1) is 0 Å². The molecule has 0 saturated carbocycles. The average Bonchev–Trinajstić information content (AvgIpc) is 3.76. The Morgan fingerprint density at radius 2 is 0.652 bits per heavy atom. The van der Waals surface area contributed by atoms with Crippen LogP contribution in [-0.2, 0) is 0 Å². The third-order valence-electron chi connectivity index (χ3n) is 14.2. The predicted octanol–water partition coefficient (Wildman–Crippen LogP) is 18.6. The number of nitrogens with zero attached hydrogens (tertiary/aromatic N) is 3. The number of anilines is 6. The van der Waals surface area contributed by atoms with Gasteiger partial charge in [-0.05, 0) is 174 Å². The molecule has 14 rings (SSSR count). The molecule has 0 N–H and O–H groups in total. The van der Waals surface area contributed by atoms with Crippen LogP contribution in [0.25, 0.3) is 92.1 Å². The van der Waals surface area contributed by atoms with Crippen LogP contribution in [0.3, 0.4) is 0 Å². The molecule has 0 aliphatic rings. The summed E-state index contributed by atoms with van der Waals surface area (Å²) in [4.78, 5) is 4.74. The van der Waals surface area contributed by atoms with Crippen molar-refractivity contribution in [3.63, 3.8) is 0 Å². The molecule has 1 aromatic heterocycles. The normalized spacial score (nSPS) is 11.8. The van der Waals surface area contributed by atoms with Gasteiger partial charge in [0.15, 0.2) is 0 Å². The van der Waals surface area contributed by atoms with Gasteiger partial charge < -0.3 is 14.4 Å². The molecule has 0 amide bonds. The second-order valence-corrected chi connectivity index (χ2v) is 18.1. The van der Waals surface area contributed by atoms with Crippen molar-refractivity contribution in [1.82, 2.24) is 4.57 Å². The van der Waals surface area contributed by atoms with Crippen molar-refractivity contribution < 1.29 is 0 Å². The molecule has 3 nitrogen and oxygen atoms in total. The molecule has 0 fully saturated rings.